The number of nitrogens with two attached hydrogens (primary N) is 1. The van der Waals surface area contributed by atoms with Crippen LogP contribution in [0.25, 0.3) is 0 Å². The lowest BCUT2D eigenvalue weighted by Crippen LogP contribution is -2.26. The molecule has 1 aliphatic carbocycles. The average molecular weight is 182 g/mol. The van der Waals surface area contributed by atoms with Crippen LogP contribution in [0.1, 0.15) is 38.5 Å². The lowest BCUT2D eigenvalue weighted by Gasteiger charge is -2.22. The van der Waals surface area contributed by atoms with Crippen molar-refractivity contribution >= 4 is 5.84 Å². The highest BCUT2D eigenvalue weighted by Crippen LogP contribution is 2.24. The van der Waals surface area contributed by atoms with Gasteiger partial charge in [-0.1, -0.05) is 0 Å². The zero-order chi connectivity index (χ0) is 9.10. The van der Waals surface area contributed by atoms with Crippen molar-refractivity contribution in [3.8, 4) is 0 Å². The van der Waals surface area contributed by atoms with Crippen LogP contribution in [0.4, 0.5) is 0 Å². The van der Waals surface area contributed by atoms with E-state index in [0.29, 0.717) is 12.1 Å². The van der Waals surface area contributed by atoms with Gasteiger partial charge in [-0.2, -0.15) is 0 Å². The average Bonchev–Trinajstić information content (AvgIpc) is 2.90. The van der Waals surface area contributed by atoms with Gasteiger partial charge < -0.3 is 10.5 Å². The van der Waals surface area contributed by atoms with E-state index in [2.05, 4.69) is 4.99 Å². The molecule has 0 amide bonds. The Hall–Kier alpha value is -0.570. The number of hydrogen-bond acceptors (Lipinski definition) is 2. The van der Waals surface area contributed by atoms with E-state index in [9.17, 15) is 0 Å². The fourth-order valence-corrected chi connectivity index (χ4v) is 1.69. The van der Waals surface area contributed by atoms with Crippen LogP contribution in [0.3, 0.4) is 0 Å². The molecule has 1 aliphatic heterocycles. The van der Waals surface area contributed by atoms with Crippen molar-refractivity contribution in [1.29, 1.82) is 0 Å². The third-order valence-corrected chi connectivity index (χ3v) is 2.61. The van der Waals surface area contributed by atoms with E-state index >= 15 is 0 Å². The van der Waals surface area contributed by atoms with Crippen molar-refractivity contribution in [3.05, 3.63) is 0 Å². The summed E-state index contributed by atoms with van der Waals surface area (Å²) in [7, 11) is 0. The molecular weight excluding hydrogens is 164 g/mol. The van der Waals surface area contributed by atoms with Crippen LogP contribution >= 0.6 is 0 Å². The molecule has 1 heterocycles. The normalized spacial score (nSPS) is 30.5. The molecule has 0 radical (unpaired) electrons. The minimum atomic E-state index is 0.344. The van der Waals surface area contributed by atoms with Crippen molar-refractivity contribution in [2.24, 2.45) is 10.7 Å². The predicted octanol–water partition coefficient (Wildman–Crippen LogP) is 1.47. The fraction of sp³-hybridized carbons (Fsp3) is 0.900. The first-order valence-corrected chi connectivity index (χ1v) is 5.28. The summed E-state index contributed by atoms with van der Waals surface area (Å²) in [6.07, 6.45) is 7.28. The van der Waals surface area contributed by atoms with E-state index in [1.165, 1.54) is 25.7 Å². The van der Waals surface area contributed by atoms with Crippen LogP contribution in [-0.4, -0.2) is 24.6 Å². The summed E-state index contributed by atoms with van der Waals surface area (Å²) in [5.74, 6) is 0.800. The largest absolute Gasteiger partial charge is 0.387 e. The van der Waals surface area contributed by atoms with Gasteiger partial charge in [0.2, 0.25) is 0 Å². The molecule has 2 rings (SSSR count). The maximum Gasteiger partial charge on any atom is 0.0966 e. The fourth-order valence-electron chi connectivity index (χ4n) is 1.69. The Labute approximate surface area is 79.4 Å². The van der Waals surface area contributed by atoms with Crippen LogP contribution in [0.5, 0.6) is 0 Å². The summed E-state index contributed by atoms with van der Waals surface area (Å²) in [4.78, 5) is 4.40. The van der Waals surface area contributed by atoms with Gasteiger partial charge in [-0.15, -0.1) is 0 Å². The first kappa shape index (κ1) is 9.00. The van der Waals surface area contributed by atoms with E-state index in [0.717, 1.165) is 25.3 Å². The number of hydrogen-bond donors (Lipinski definition) is 1. The Morgan fingerprint density at radius 2 is 2.15 bits per heavy atom. The monoisotopic (exact) mass is 182 g/mol. The number of ether oxygens (including phenoxy) is 1. The Morgan fingerprint density at radius 1 is 1.31 bits per heavy atom. The molecule has 13 heavy (non-hydrogen) atoms. The number of nitrogens with zero attached hydrogens (tertiary/aromatic N) is 1. The van der Waals surface area contributed by atoms with Crippen molar-refractivity contribution < 1.29 is 4.74 Å². The van der Waals surface area contributed by atoms with E-state index in [-0.39, 0.29) is 0 Å². The third kappa shape index (κ3) is 2.99. The summed E-state index contributed by atoms with van der Waals surface area (Å²) in [6.45, 7) is 0.904. The second kappa shape index (κ2) is 4.09. The molecular formula is C10H18N2O. The summed E-state index contributed by atoms with van der Waals surface area (Å²) < 4.78 is 5.59. The van der Waals surface area contributed by atoms with Gasteiger partial charge >= 0.3 is 0 Å². The Morgan fingerprint density at radius 3 is 2.77 bits per heavy atom. The lowest BCUT2D eigenvalue weighted by molar-refractivity contribution is 0.0209. The highest BCUT2D eigenvalue weighted by atomic mass is 16.5. The Kier molecular flexibility index (Phi) is 2.83. The maximum absolute atomic E-state index is 5.82. The molecule has 1 saturated heterocycles. The molecule has 2 N–H and O–H groups in total. The molecule has 1 unspecified atom stereocenters. The Balaban J connectivity index is 1.74. The minimum absolute atomic E-state index is 0.344. The summed E-state index contributed by atoms with van der Waals surface area (Å²) >= 11 is 0. The van der Waals surface area contributed by atoms with Crippen molar-refractivity contribution in [2.75, 3.05) is 6.61 Å². The lowest BCUT2D eigenvalue weighted by atomic mass is 10.1. The Bertz CT molecular complexity index is 193. The molecule has 2 fully saturated rings. The van der Waals surface area contributed by atoms with E-state index in [1.807, 2.05) is 0 Å². The summed E-state index contributed by atoms with van der Waals surface area (Å²) in [5, 5.41) is 0. The van der Waals surface area contributed by atoms with Crippen LogP contribution in [-0.2, 0) is 4.74 Å². The van der Waals surface area contributed by atoms with Gasteiger partial charge in [-0.25, -0.2) is 0 Å². The quantitative estimate of drug-likeness (QED) is 0.530. The van der Waals surface area contributed by atoms with Gasteiger partial charge in [0, 0.05) is 13.0 Å². The van der Waals surface area contributed by atoms with Gasteiger partial charge in [0.25, 0.3) is 0 Å². The predicted molar refractivity (Wildman–Crippen MR) is 52.9 cm³/mol. The summed E-state index contributed by atoms with van der Waals surface area (Å²) in [6, 6.07) is 0.545. The van der Waals surface area contributed by atoms with E-state index < -0.39 is 0 Å². The van der Waals surface area contributed by atoms with Crippen molar-refractivity contribution in [1.82, 2.24) is 0 Å². The van der Waals surface area contributed by atoms with Crippen LogP contribution in [0.15, 0.2) is 4.99 Å². The number of aliphatic imine (C=N–C) groups is 1. The smallest absolute Gasteiger partial charge is 0.0966 e. The van der Waals surface area contributed by atoms with Gasteiger partial charge in [0.05, 0.1) is 18.0 Å². The van der Waals surface area contributed by atoms with Gasteiger partial charge in [-0.05, 0) is 32.1 Å². The number of rotatable bonds is 3. The second-order valence-corrected chi connectivity index (χ2v) is 4.04. The van der Waals surface area contributed by atoms with Gasteiger partial charge in [0.1, 0.15) is 0 Å². The topological polar surface area (TPSA) is 47.6 Å². The molecule has 3 nitrogen and oxygen atoms in total. The van der Waals surface area contributed by atoms with Crippen molar-refractivity contribution in [2.45, 2.75) is 50.7 Å². The van der Waals surface area contributed by atoms with Gasteiger partial charge in [-0.3, -0.25) is 4.99 Å². The highest BCUT2D eigenvalue weighted by molar-refractivity contribution is 5.81. The minimum Gasteiger partial charge on any atom is -0.387 e. The third-order valence-electron chi connectivity index (χ3n) is 2.61. The van der Waals surface area contributed by atoms with Gasteiger partial charge in [0.15, 0.2) is 0 Å². The van der Waals surface area contributed by atoms with Crippen LogP contribution < -0.4 is 5.73 Å². The molecule has 0 spiro atoms. The molecule has 3 heteroatoms. The molecule has 0 bridgehead atoms. The molecule has 1 saturated carbocycles. The SMILES string of the molecule is NC(CC1CCCCO1)=NC1CC1. The number of amidine groups is 1. The molecule has 0 aromatic rings. The first-order valence-electron chi connectivity index (χ1n) is 5.28. The molecule has 1 atom stereocenters. The van der Waals surface area contributed by atoms with E-state index in [1.54, 1.807) is 0 Å². The van der Waals surface area contributed by atoms with E-state index in [4.69, 9.17) is 10.5 Å². The maximum atomic E-state index is 5.82. The van der Waals surface area contributed by atoms with Crippen LogP contribution in [0, 0.1) is 0 Å². The highest BCUT2D eigenvalue weighted by Gasteiger charge is 2.21. The zero-order valence-electron chi connectivity index (χ0n) is 8.04. The molecule has 2 aliphatic rings. The zero-order valence-corrected chi connectivity index (χ0v) is 8.04. The van der Waals surface area contributed by atoms with Crippen LogP contribution in [0.2, 0.25) is 0 Å². The molecule has 74 valence electrons. The summed E-state index contributed by atoms with van der Waals surface area (Å²) in [5.41, 5.74) is 5.82. The van der Waals surface area contributed by atoms with Crippen molar-refractivity contribution in [3.63, 3.8) is 0 Å². The second-order valence-electron chi connectivity index (χ2n) is 4.04. The molecule has 0 aromatic carbocycles. The molecule has 0 aromatic heterocycles. The first-order chi connectivity index (χ1) is 6.34. The standard InChI is InChI=1S/C10H18N2O/c11-10(12-8-4-5-8)7-9-3-1-2-6-13-9/h8-9H,1-7H2,(H2,11,12).